The van der Waals surface area contributed by atoms with E-state index in [0.717, 1.165) is 25.7 Å². The van der Waals surface area contributed by atoms with E-state index >= 15 is 0 Å². The highest BCUT2D eigenvalue weighted by Gasteiger charge is 2.57. The first kappa shape index (κ1) is 34.4. The second-order valence-corrected chi connectivity index (χ2v) is 15.5. The van der Waals surface area contributed by atoms with Gasteiger partial charge in [0.15, 0.2) is 29.3 Å². The Hall–Kier alpha value is -1.90. The van der Waals surface area contributed by atoms with Gasteiger partial charge in [-0.15, -0.1) is 0 Å². The molecule has 1 saturated carbocycles. The molecule has 16 heteroatoms. The van der Waals surface area contributed by atoms with Crippen molar-refractivity contribution in [2.75, 3.05) is 24.7 Å². The fourth-order valence-electron chi connectivity index (χ4n) is 6.06. The maximum Gasteiger partial charge on any atom is 0.416 e. The minimum Gasteiger partial charge on any atom is -0.443 e. The van der Waals surface area contributed by atoms with Gasteiger partial charge in [-0.1, -0.05) is 12.8 Å². The normalized spacial score (nSPS) is 26.0. The van der Waals surface area contributed by atoms with Crippen LogP contribution in [0.1, 0.15) is 87.3 Å². The van der Waals surface area contributed by atoms with E-state index < -0.39 is 55.5 Å². The smallest absolute Gasteiger partial charge is 0.416 e. The summed E-state index contributed by atoms with van der Waals surface area (Å²) in [6, 6.07) is -0.107. The average Bonchev–Trinajstić information content (AvgIpc) is 3.71. The van der Waals surface area contributed by atoms with Crippen molar-refractivity contribution >= 4 is 42.1 Å². The van der Waals surface area contributed by atoms with Crippen molar-refractivity contribution in [3.05, 3.63) is 11.5 Å². The van der Waals surface area contributed by atoms with Crippen LogP contribution in [0.25, 0.3) is 11.0 Å². The van der Waals surface area contributed by atoms with Gasteiger partial charge in [0.05, 0.1) is 31.4 Å². The predicted molar refractivity (Wildman–Crippen MR) is 165 cm³/mol. The quantitative estimate of drug-likeness (QED) is 0.197. The van der Waals surface area contributed by atoms with Gasteiger partial charge in [-0.05, 0) is 79.8 Å². The first-order chi connectivity index (χ1) is 21.2. The van der Waals surface area contributed by atoms with Crippen LogP contribution in [0, 0.1) is 0 Å². The van der Waals surface area contributed by atoms with E-state index in [1.165, 1.54) is 0 Å². The predicted octanol–water partition coefficient (Wildman–Crippen LogP) is 6.21. The topological polar surface area (TPSA) is 146 Å². The second-order valence-electron chi connectivity index (χ2n) is 12.9. The lowest BCUT2D eigenvalue weighted by Gasteiger charge is -2.31. The highest BCUT2D eigenvalue weighted by molar-refractivity contribution is 7.54. The van der Waals surface area contributed by atoms with Crippen LogP contribution >= 0.6 is 19.2 Å². The molecule has 2 aromatic rings. The summed E-state index contributed by atoms with van der Waals surface area (Å²) in [7, 11) is -3.51. The Balaban J connectivity index is 1.47. The van der Waals surface area contributed by atoms with Gasteiger partial charge < -0.3 is 32.7 Å². The molecule has 2 aliphatic heterocycles. The van der Waals surface area contributed by atoms with E-state index in [-0.39, 0.29) is 31.1 Å². The number of halogens is 1. The van der Waals surface area contributed by atoms with Gasteiger partial charge in [0.2, 0.25) is 5.28 Å². The molecule has 0 spiro atoms. The van der Waals surface area contributed by atoms with Crippen LogP contribution in [0.15, 0.2) is 6.20 Å². The van der Waals surface area contributed by atoms with Crippen LogP contribution in [0.3, 0.4) is 0 Å². The summed E-state index contributed by atoms with van der Waals surface area (Å²) in [5.41, 5.74) is -0.346. The number of nitrogens with zero attached hydrogens (tertiary/aromatic N) is 5. The van der Waals surface area contributed by atoms with E-state index in [4.69, 9.17) is 44.3 Å². The number of hydrogen-bond donors (Lipinski definition) is 0. The Labute approximate surface area is 268 Å². The molecule has 2 saturated heterocycles. The number of ether oxygens (including phenoxy) is 5. The Morgan fingerprint density at radius 2 is 1.80 bits per heavy atom. The van der Waals surface area contributed by atoms with Gasteiger partial charge in [0, 0.05) is 6.04 Å². The lowest BCUT2D eigenvalue weighted by molar-refractivity contribution is -0.203. The molecule has 252 valence electrons. The van der Waals surface area contributed by atoms with Crippen LogP contribution < -0.4 is 4.90 Å². The minimum atomic E-state index is -3.51. The fourth-order valence-corrected chi connectivity index (χ4v) is 7.70. The molecule has 0 aromatic carbocycles. The Bertz CT molecular complexity index is 1400. The highest BCUT2D eigenvalue weighted by Crippen LogP contribution is 2.53. The van der Waals surface area contributed by atoms with Crippen LogP contribution in [-0.2, 0) is 37.3 Å². The number of fused-ring (bicyclic) bond motifs is 2. The van der Waals surface area contributed by atoms with Crippen molar-refractivity contribution < 1.29 is 42.1 Å². The average molecular weight is 674 g/mol. The van der Waals surface area contributed by atoms with Crippen molar-refractivity contribution in [2.45, 2.75) is 129 Å². The zero-order chi connectivity index (χ0) is 32.7. The lowest BCUT2D eigenvalue weighted by Crippen LogP contribution is -2.43. The van der Waals surface area contributed by atoms with E-state index in [2.05, 4.69) is 15.1 Å². The Morgan fingerprint density at radius 1 is 1.16 bits per heavy atom. The molecule has 5 rings (SSSR count). The van der Waals surface area contributed by atoms with E-state index in [1.54, 1.807) is 36.5 Å². The number of amides is 1. The van der Waals surface area contributed by atoms with Crippen LogP contribution in [0.2, 0.25) is 5.28 Å². The van der Waals surface area contributed by atoms with Crippen molar-refractivity contribution in [1.29, 1.82) is 0 Å². The maximum absolute atomic E-state index is 13.6. The zero-order valence-electron chi connectivity index (χ0n) is 27.2. The first-order valence-electron chi connectivity index (χ1n) is 15.6. The summed E-state index contributed by atoms with van der Waals surface area (Å²) >= 11 is 6.50. The molecule has 0 radical (unpaired) electrons. The molecule has 14 nitrogen and oxygen atoms in total. The molecule has 1 unspecified atom stereocenters. The minimum absolute atomic E-state index is 0.0245. The molecule has 3 fully saturated rings. The second kappa shape index (κ2) is 13.3. The Morgan fingerprint density at radius 3 is 2.42 bits per heavy atom. The molecule has 2 aromatic heterocycles. The Kier molecular flexibility index (Phi) is 10.2. The van der Waals surface area contributed by atoms with E-state index in [0.29, 0.717) is 16.9 Å². The molecule has 3 aliphatic rings. The number of anilines is 1. The molecule has 4 heterocycles. The largest absolute Gasteiger partial charge is 0.443 e. The van der Waals surface area contributed by atoms with Crippen molar-refractivity contribution in [3.63, 3.8) is 0 Å². The number of aromatic nitrogens is 4. The number of hydrogen-bond acceptors (Lipinski definition) is 12. The van der Waals surface area contributed by atoms with Gasteiger partial charge in [-0.3, -0.25) is 9.46 Å². The van der Waals surface area contributed by atoms with Gasteiger partial charge in [0.1, 0.15) is 23.9 Å². The summed E-state index contributed by atoms with van der Waals surface area (Å²) in [6.07, 6.45) is 2.16. The third-order valence-corrected chi connectivity index (χ3v) is 10.3. The van der Waals surface area contributed by atoms with Gasteiger partial charge in [-0.2, -0.15) is 15.1 Å². The van der Waals surface area contributed by atoms with Crippen LogP contribution in [0.4, 0.5) is 10.6 Å². The summed E-state index contributed by atoms with van der Waals surface area (Å²) in [5, 5.41) is 5.10. The van der Waals surface area contributed by atoms with Crippen molar-refractivity contribution in [3.8, 4) is 0 Å². The van der Waals surface area contributed by atoms with E-state index in [9.17, 15) is 9.36 Å². The summed E-state index contributed by atoms with van der Waals surface area (Å²) in [6.45, 7) is 14.7. The monoisotopic (exact) mass is 673 g/mol. The van der Waals surface area contributed by atoms with E-state index in [1.807, 2.05) is 34.6 Å². The molecule has 1 amide bonds. The lowest BCUT2D eigenvalue weighted by atomic mass is 10.1. The van der Waals surface area contributed by atoms with Crippen LogP contribution in [-0.4, -0.2) is 87.2 Å². The number of rotatable bonds is 11. The molecular weight excluding hydrogens is 629 g/mol. The molecule has 5 atom stereocenters. The SMILES string of the molecule is CCOP(=O)(OCC)C(C)OC[C@H]1O[C@@H](n2ncc3c(N(C(=O)OC(C)(C)C)C4CCCC4)nc(Cl)nc32)[C@@H]2OC(C)(C)O[C@@H]21. The molecular formula is C29H45ClN5O9P. The first-order valence-corrected chi connectivity index (χ1v) is 17.6. The van der Waals surface area contributed by atoms with Crippen molar-refractivity contribution in [2.24, 2.45) is 0 Å². The van der Waals surface area contributed by atoms with Crippen LogP contribution in [0.5, 0.6) is 0 Å². The zero-order valence-corrected chi connectivity index (χ0v) is 28.9. The third-order valence-electron chi connectivity index (χ3n) is 7.85. The standard InChI is InChI=1S/C29H45ClN5O9P/c1-9-39-45(37,40-10-2)17(3)38-16-20-21-22(43-29(7,8)42-21)25(41-20)35-24-19(15-31-35)23(32-26(30)33-24)34(18-13-11-12-14-18)27(36)44-28(4,5)6/h15,17-18,20-22,25H,9-14,16H2,1-8H3/t17?,20-,21-,22-,25-/m1/s1. The third kappa shape index (κ3) is 7.33. The summed E-state index contributed by atoms with van der Waals surface area (Å²) in [5.74, 6) is -1.43. The fraction of sp³-hybridized carbons (Fsp3) is 0.793. The number of carbonyl (C=O) groups excluding carboxylic acids is 1. The maximum atomic E-state index is 13.6. The molecule has 45 heavy (non-hydrogen) atoms. The molecule has 0 bridgehead atoms. The van der Waals surface area contributed by atoms with Gasteiger partial charge in [0.25, 0.3) is 0 Å². The van der Waals surface area contributed by atoms with Gasteiger partial charge >= 0.3 is 13.7 Å². The number of carbonyl (C=O) groups is 1. The molecule has 1 aliphatic carbocycles. The van der Waals surface area contributed by atoms with Crippen molar-refractivity contribution in [1.82, 2.24) is 19.7 Å². The summed E-state index contributed by atoms with van der Waals surface area (Å²) in [4.78, 5) is 24.2. The highest BCUT2D eigenvalue weighted by atomic mass is 35.5. The molecule has 0 N–H and O–H groups in total. The van der Waals surface area contributed by atoms with Gasteiger partial charge in [-0.25, -0.2) is 9.48 Å². The summed E-state index contributed by atoms with van der Waals surface area (Å²) < 4.78 is 56.5.